The van der Waals surface area contributed by atoms with Gasteiger partial charge in [0.15, 0.2) is 17.5 Å². The number of benzene rings is 9. The molecule has 13 aromatic rings. The quantitative estimate of drug-likeness (QED) is 0.164. The summed E-state index contributed by atoms with van der Waals surface area (Å²) < 4.78 is 11.2. The van der Waals surface area contributed by atoms with Crippen molar-refractivity contribution in [3.8, 4) is 56.7 Å². The van der Waals surface area contributed by atoms with E-state index in [0.717, 1.165) is 71.8 Å². The third-order valence-corrected chi connectivity index (χ3v) is 13.3. The van der Waals surface area contributed by atoms with Crippen molar-refractivity contribution in [2.45, 2.75) is 0 Å². The number of nitrogens with zero attached hydrogens (tertiary/aromatic N) is 5. The van der Waals surface area contributed by atoms with E-state index in [-0.39, 0.29) is 0 Å². The number of para-hydroxylation sites is 2. The van der Waals surface area contributed by atoms with Gasteiger partial charge in [-0.25, -0.2) is 15.0 Å². The van der Waals surface area contributed by atoms with Gasteiger partial charge in [0.2, 0.25) is 0 Å². The standard InChI is InChI=1S/C57H29B6N5O/c58-41-28-43(60)52-48(50(41)62)49-51(63)42(59)29-44(61)53(49)68(52)35-26-38(30-12-4-1-5-13-30)54-40(27-35)37-22-20-33(25-47(37)69-54)57-65-55(31-14-6-2-7-15-31)64-56(66-57)32-21-23-46-39(24-32)36-18-10-11-19-45(36)67(46)34-16-8-3-9-17-34/h1-29H. The molecule has 12 radical (unpaired) electrons. The molecule has 0 aliphatic heterocycles. The maximum Gasteiger partial charge on any atom is 0.164 e. The van der Waals surface area contributed by atoms with Gasteiger partial charge in [-0.3, -0.25) is 0 Å². The van der Waals surface area contributed by atoms with Crippen molar-refractivity contribution in [3.63, 3.8) is 0 Å². The van der Waals surface area contributed by atoms with Gasteiger partial charge in [0.25, 0.3) is 0 Å². The Hall–Kier alpha value is -8.22. The van der Waals surface area contributed by atoms with Crippen LogP contribution in [0.2, 0.25) is 0 Å². The smallest absolute Gasteiger partial charge is 0.164 e. The molecule has 4 aromatic heterocycles. The fourth-order valence-electron chi connectivity index (χ4n) is 10.1. The lowest BCUT2D eigenvalue weighted by Gasteiger charge is -2.15. The van der Waals surface area contributed by atoms with Gasteiger partial charge < -0.3 is 13.6 Å². The number of aromatic nitrogens is 5. The third kappa shape index (κ3) is 6.39. The van der Waals surface area contributed by atoms with Crippen LogP contribution in [0.25, 0.3) is 122 Å². The van der Waals surface area contributed by atoms with Crippen LogP contribution < -0.4 is 32.8 Å². The monoisotopic (exact) mass is 865 g/mol. The second-order valence-electron chi connectivity index (χ2n) is 17.4. The van der Waals surface area contributed by atoms with Gasteiger partial charge in [-0.15, -0.1) is 10.9 Å². The van der Waals surface area contributed by atoms with Crippen LogP contribution in [0.4, 0.5) is 0 Å². The molecule has 0 aliphatic carbocycles. The Bertz CT molecular complexity index is 4190. The molecule has 0 fully saturated rings. The highest BCUT2D eigenvalue weighted by atomic mass is 16.3. The molecule has 13 rings (SSSR count). The number of rotatable bonds is 6. The van der Waals surface area contributed by atoms with Gasteiger partial charge in [0, 0.05) is 66.2 Å². The van der Waals surface area contributed by atoms with E-state index in [0.29, 0.717) is 83.2 Å². The SMILES string of the molecule is [B]c1cc([B])c2c(c1[B])c1c([B])c([B])cc([B])c1n2-c1cc(-c2ccccc2)c2oc3cc(-c4nc(-c5ccccc5)nc(-c5ccc6c(c5)c5ccccc5n6-c5ccccc5)n4)ccc3c2c1. The molecule has 0 spiro atoms. The Morgan fingerprint density at radius 3 is 1.55 bits per heavy atom. The minimum atomic E-state index is 0.325. The first-order valence-electron chi connectivity index (χ1n) is 22.4. The maximum atomic E-state index is 6.92. The summed E-state index contributed by atoms with van der Waals surface area (Å²) in [6, 6.07) is 58.9. The molecule has 0 amide bonds. The van der Waals surface area contributed by atoms with E-state index in [1.807, 2.05) is 71.3 Å². The Balaban J connectivity index is 1.02. The van der Waals surface area contributed by atoms with Crippen LogP contribution >= 0.6 is 0 Å². The highest BCUT2D eigenvalue weighted by Gasteiger charge is 2.24. The van der Waals surface area contributed by atoms with Crippen LogP contribution in [0.1, 0.15) is 0 Å². The summed E-state index contributed by atoms with van der Waals surface area (Å²) >= 11 is 0. The van der Waals surface area contributed by atoms with Crippen molar-refractivity contribution in [2.75, 3.05) is 0 Å². The molecule has 0 unspecified atom stereocenters. The molecular formula is C57H29B6N5O. The largest absolute Gasteiger partial charge is 0.455 e. The Morgan fingerprint density at radius 2 is 0.899 bits per heavy atom. The normalized spacial score (nSPS) is 11.8. The summed E-state index contributed by atoms with van der Waals surface area (Å²) in [7, 11) is 40.0. The molecule has 0 bridgehead atoms. The van der Waals surface area contributed by atoms with Crippen molar-refractivity contribution >= 4 is 145 Å². The molecule has 0 saturated carbocycles. The van der Waals surface area contributed by atoms with Crippen molar-refractivity contribution in [3.05, 3.63) is 176 Å². The predicted octanol–water partition coefficient (Wildman–Crippen LogP) is 7.40. The molecule has 69 heavy (non-hydrogen) atoms. The third-order valence-electron chi connectivity index (χ3n) is 13.3. The minimum Gasteiger partial charge on any atom is -0.455 e. The van der Waals surface area contributed by atoms with Crippen LogP contribution in [0.5, 0.6) is 0 Å². The van der Waals surface area contributed by atoms with Gasteiger partial charge in [0.1, 0.15) is 58.2 Å². The summed E-state index contributed by atoms with van der Waals surface area (Å²) in [4.78, 5) is 15.4. The molecule has 0 saturated heterocycles. The lowest BCUT2D eigenvalue weighted by molar-refractivity contribution is 0.670. The zero-order valence-corrected chi connectivity index (χ0v) is 36.9. The van der Waals surface area contributed by atoms with Gasteiger partial charge in [-0.2, -0.15) is 0 Å². The van der Waals surface area contributed by atoms with E-state index in [9.17, 15) is 0 Å². The van der Waals surface area contributed by atoms with Crippen LogP contribution in [0.15, 0.2) is 180 Å². The lowest BCUT2D eigenvalue weighted by Crippen LogP contribution is -2.33. The molecule has 0 atom stereocenters. The van der Waals surface area contributed by atoms with Crippen LogP contribution in [0.3, 0.4) is 0 Å². The van der Waals surface area contributed by atoms with Gasteiger partial charge in [0.05, 0.1) is 11.0 Å². The zero-order valence-electron chi connectivity index (χ0n) is 36.9. The number of fused-ring (bicyclic) bond motifs is 9. The first-order chi connectivity index (χ1) is 33.7. The van der Waals surface area contributed by atoms with Crippen molar-refractivity contribution in [1.82, 2.24) is 24.1 Å². The number of hydrogen-bond acceptors (Lipinski definition) is 4. The first kappa shape index (κ1) is 41.0. The number of hydrogen-bond donors (Lipinski definition) is 0. The van der Waals surface area contributed by atoms with E-state index < -0.39 is 0 Å². The minimum absolute atomic E-state index is 0.325. The molecule has 9 aromatic carbocycles. The van der Waals surface area contributed by atoms with Crippen LogP contribution in [0, 0.1) is 0 Å². The fraction of sp³-hybridized carbons (Fsp3) is 0. The molecule has 6 nitrogen and oxygen atoms in total. The second-order valence-corrected chi connectivity index (χ2v) is 17.4. The topological polar surface area (TPSA) is 61.7 Å². The average Bonchev–Trinajstić information content (AvgIpc) is 4.06. The Labute approximate surface area is 404 Å². The fourth-order valence-corrected chi connectivity index (χ4v) is 10.1. The predicted molar refractivity (Wildman–Crippen MR) is 290 cm³/mol. The van der Waals surface area contributed by atoms with Crippen LogP contribution in [-0.2, 0) is 0 Å². The average molecular weight is 865 g/mol. The highest BCUT2D eigenvalue weighted by Crippen LogP contribution is 2.41. The molecule has 4 heterocycles. The van der Waals surface area contributed by atoms with E-state index in [1.54, 1.807) is 12.1 Å². The molecule has 0 N–H and O–H groups in total. The Morgan fingerprint density at radius 1 is 0.362 bits per heavy atom. The first-order valence-corrected chi connectivity index (χ1v) is 22.4. The van der Waals surface area contributed by atoms with Gasteiger partial charge >= 0.3 is 0 Å². The Kier molecular flexibility index (Phi) is 9.32. The van der Waals surface area contributed by atoms with Crippen LogP contribution in [-0.4, -0.2) is 71.2 Å². The molecule has 0 aliphatic rings. The molecule has 306 valence electrons. The summed E-state index contributed by atoms with van der Waals surface area (Å²) in [5.41, 5.74) is 13.0. The van der Waals surface area contributed by atoms with Gasteiger partial charge in [-0.05, 0) is 77.0 Å². The van der Waals surface area contributed by atoms with E-state index in [2.05, 4.69) is 102 Å². The lowest BCUT2D eigenvalue weighted by atomic mass is 9.71. The summed E-state index contributed by atoms with van der Waals surface area (Å²) in [6.07, 6.45) is 0. The summed E-state index contributed by atoms with van der Waals surface area (Å²) in [5.74, 6) is 1.60. The summed E-state index contributed by atoms with van der Waals surface area (Å²) in [6.45, 7) is 0. The van der Waals surface area contributed by atoms with Crippen molar-refractivity contribution in [2.24, 2.45) is 0 Å². The maximum absolute atomic E-state index is 6.92. The highest BCUT2D eigenvalue weighted by molar-refractivity contribution is 6.62. The zero-order chi connectivity index (χ0) is 46.7. The number of furan rings is 1. The van der Waals surface area contributed by atoms with Crippen molar-refractivity contribution < 1.29 is 4.42 Å². The molecule has 12 heteroatoms. The molecular weight excluding hydrogens is 836 g/mol. The van der Waals surface area contributed by atoms with Crippen molar-refractivity contribution in [1.29, 1.82) is 0 Å². The summed E-state index contributed by atoms with van der Waals surface area (Å²) in [5, 5.41) is 5.12. The van der Waals surface area contributed by atoms with E-state index in [1.165, 1.54) is 0 Å². The van der Waals surface area contributed by atoms with E-state index in [4.69, 9.17) is 66.4 Å². The van der Waals surface area contributed by atoms with E-state index >= 15 is 0 Å². The van der Waals surface area contributed by atoms with Gasteiger partial charge in [-0.1, -0.05) is 137 Å². The second kappa shape index (κ2) is 15.7.